The van der Waals surface area contributed by atoms with Gasteiger partial charge in [-0.2, -0.15) is 0 Å². The Morgan fingerprint density at radius 3 is 2.53 bits per heavy atom. The third kappa shape index (κ3) is 5.38. The zero-order valence-corrected chi connectivity index (χ0v) is 12.9. The number of carbonyl (C=O) groups is 2. The second-order valence-electron chi connectivity index (χ2n) is 5.12. The molecule has 19 heavy (non-hydrogen) atoms. The number of esters is 1. The van der Waals surface area contributed by atoms with Crippen LogP contribution in [-0.4, -0.2) is 28.5 Å². The Balaban J connectivity index is 2.64. The summed E-state index contributed by atoms with van der Waals surface area (Å²) in [5, 5.41) is 2.57. The number of pyridine rings is 1. The smallest absolute Gasteiger partial charge is 0.328 e. The molecule has 0 fully saturated rings. The molecule has 1 aromatic rings. The van der Waals surface area contributed by atoms with E-state index in [2.05, 4.69) is 26.2 Å². The van der Waals surface area contributed by atoms with Gasteiger partial charge in [0.05, 0.1) is 5.56 Å². The van der Waals surface area contributed by atoms with E-state index in [1.807, 2.05) is 0 Å². The number of hydrogen-bond acceptors (Lipinski definition) is 4. The molecule has 0 radical (unpaired) electrons. The molecule has 1 amide bonds. The van der Waals surface area contributed by atoms with E-state index in [1.165, 1.54) is 6.20 Å². The number of nitrogens with zero attached hydrogens (tertiary/aromatic N) is 1. The maximum atomic E-state index is 11.9. The number of halogens is 1. The zero-order chi connectivity index (χ0) is 14.6. The molecule has 0 aliphatic carbocycles. The molecule has 104 valence electrons. The van der Waals surface area contributed by atoms with Crippen molar-refractivity contribution < 1.29 is 14.3 Å². The fraction of sp³-hybridized carbons (Fsp3) is 0.462. The molecular weight excluding hydrogens is 312 g/mol. The van der Waals surface area contributed by atoms with Crippen molar-refractivity contribution in [2.75, 3.05) is 0 Å². The molecule has 1 aromatic heterocycles. The summed E-state index contributed by atoms with van der Waals surface area (Å²) in [5.41, 5.74) is -0.197. The van der Waals surface area contributed by atoms with Gasteiger partial charge in [-0.1, -0.05) is 0 Å². The highest BCUT2D eigenvalue weighted by atomic mass is 79.9. The van der Waals surface area contributed by atoms with Crippen molar-refractivity contribution in [2.45, 2.75) is 39.3 Å². The predicted octanol–water partition coefficient (Wildman–Crippen LogP) is 2.30. The van der Waals surface area contributed by atoms with Crippen LogP contribution in [0, 0.1) is 0 Å². The van der Waals surface area contributed by atoms with Gasteiger partial charge in [0.25, 0.3) is 5.91 Å². The lowest BCUT2D eigenvalue weighted by molar-refractivity contribution is -0.156. The Kier molecular flexibility index (Phi) is 5.05. The monoisotopic (exact) mass is 328 g/mol. The molecule has 1 heterocycles. The van der Waals surface area contributed by atoms with Crippen LogP contribution in [0.3, 0.4) is 0 Å². The standard InChI is InChI=1S/C13H17BrN2O3/c1-8(12(18)19-13(2,3)4)16-11(17)9-5-10(14)7-15-6-9/h5-8H,1-4H3,(H,16,17)/t8-/m1/s1. The van der Waals surface area contributed by atoms with E-state index in [9.17, 15) is 9.59 Å². The molecule has 1 N–H and O–H groups in total. The molecule has 0 aromatic carbocycles. The molecule has 0 aliphatic heterocycles. The van der Waals surface area contributed by atoms with E-state index in [0.29, 0.717) is 10.0 Å². The quantitative estimate of drug-likeness (QED) is 0.864. The summed E-state index contributed by atoms with van der Waals surface area (Å²) in [4.78, 5) is 27.5. The minimum absolute atomic E-state index is 0.368. The number of carbonyl (C=O) groups excluding carboxylic acids is 2. The first kappa shape index (κ1) is 15.6. The van der Waals surface area contributed by atoms with Crippen LogP contribution in [0.1, 0.15) is 38.1 Å². The van der Waals surface area contributed by atoms with Gasteiger partial charge < -0.3 is 10.1 Å². The molecular formula is C13H17BrN2O3. The Morgan fingerprint density at radius 1 is 1.37 bits per heavy atom. The SMILES string of the molecule is C[C@@H](NC(=O)c1cncc(Br)c1)C(=O)OC(C)(C)C. The molecule has 6 heteroatoms. The van der Waals surface area contributed by atoms with Crippen molar-refractivity contribution in [3.05, 3.63) is 28.5 Å². The normalized spacial score (nSPS) is 12.7. The fourth-order valence-corrected chi connectivity index (χ4v) is 1.63. The molecule has 0 unspecified atom stereocenters. The topological polar surface area (TPSA) is 68.3 Å². The molecule has 0 spiro atoms. The zero-order valence-electron chi connectivity index (χ0n) is 11.4. The lowest BCUT2D eigenvalue weighted by Gasteiger charge is -2.22. The van der Waals surface area contributed by atoms with Crippen LogP contribution in [0.5, 0.6) is 0 Å². The van der Waals surface area contributed by atoms with Crippen LogP contribution in [0.2, 0.25) is 0 Å². The van der Waals surface area contributed by atoms with E-state index in [-0.39, 0.29) is 5.91 Å². The molecule has 0 saturated carbocycles. The first-order chi connectivity index (χ1) is 8.69. The summed E-state index contributed by atoms with van der Waals surface area (Å²) in [6, 6.07) is 0.912. The maximum absolute atomic E-state index is 11.9. The van der Waals surface area contributed by atoms with Crippen LogP contribution < -0.4 is 5.32 Å². The second-order valence-corrected chi connectivity index (χ2v) is 6.04. The van der Waals surface area contributed by atoms with Crippen LogP contribution in [-0.2, 0) is 9.53 Å². The van der Waals surface area contributed by atoms with Crippen molar-refractivity contribution in [1.29, 1.82) is 0 Å². The summed E-state index contributed by atoms with van der Waals surface area (Å²) in [7, 11) is 0. The third-order valence-corrected chi connectivity index (χ3v) is 2.51. The Bertz CT molecular complexity index is 483. The van der Waals surface area contributed by atoms with E-state index in [4.69, 9.17) is 4.74 Å². The van der Waals surface area contributed by atoms with E-state index in [0.717, 1.165) is 0 Å². The van der Waals surface area contributed by atoms with Gasteiger partial charge in [0.15, 0.2) is 0 Å². The van der Waals surface area contributed by atoms with Gasteiger partial charge in [-0.05, 0) is 49.7 Å². The number of rotatable bonds is 3. The number of ether oxygens (including phenoxy) is 1. The fourth-order valence-electron chi connectivity index (χ4n) is 1.27. The van der Waals surface area contributed by atoms with Crippen molar-refractivity contribution in [1.82, 2.24) is 10.3 Å². The van der Waals surface area contributed by atoms with Gasteiger partial charge in [0, 0.05) is 16.9 Å². The lowest BCUT2D eigenvalue weighted by Crippen LogP contribution is -2.42. The van der Waals surface area contributed by atoms with Crippen LogP contribution in [0.15, 0.2) is 22.9 Å². The third-order valence-electron chi connectivity index (χ3n) is 2.07. The molecule has 1 atom stereocenters. The summed E-state index contributed by atoms with van der Waals surface area (Å²) >= 11 is 3.23. The molecule has 1 rings (SSSR count). The minimum atomic E-state index is -0.717. The molecule has 0 bridgehead atoms. The predicted molar refractivity (Wildman–Crippen MR) is 74.7 cm³/mol. The van der Waals surface area contributed by atoms with Crippen LogP contribution in [0.25, 0.3) is 0 Å². The number of hydrogen-bond donors (Lipinski definition) is 1. The van der Waals surface area contributed by atoms with Gasteiger partial charge in [-0.3, -0.25) is 9.78 Å². The summed E-state index contributed by atoms with van der Waals surface area (Å²) in [6.07, 6.45) is 3.01. The summed E-state index contributed by atoms with van der Waals surface area (Å²) < 4.78 is 5.88. The van der Waals surface area contributed by atoms with Crippen molar-refractivity contribution in [3.8, 4) is 0 Å². The lowest BCUT2D eigenvalue weighted by atomic mass is 10.2. The number of amides is 1. The Hall–Kier alpha value is -1.43. The van der Waals surface area contributed by atoms with E-state index >= 15 is 0 Å². The van der Waals surface area contributed by atoms with E-state index in [1.54, 1.807) is 40.0 Å². The maximum Gasteiger partial charge on any atom is 0.328 e. The Labute approximate surface area is 120 Å². The highest BCUT2D eigenvalue weighted by molar-refractivity contribution is 9.10. The first-order valence-corrected chi connectivity index (χ1v) is 6.62. The largest absolute Gasteiger partial charge is 0.458 e. The van der Waals surface area contributed by atoms with Gasteiger partial charge >= 0.3 is 5.97 Å². The average Bonchev–Trinajstić information content (AvgIpc) is 2.26. The van der Waals surface area contributed by atoms with Crippen molar-refractivity contribution in [3.63, 3.8) is 0 Å². The molecule has 5 nitrogen and oxygen atoms in total. The first-order valence-electron chi connectivity index (χ1n) is 5.83. The van der Waals surface area contributed by atoms with Crippen molar-refractivity contribution >= 4 is 27.8 Å². The molecule has 0 aliphatic rings. The number of aromatic nitrogens is 1. The minimum Gasteiger partial charge on any atom is -0.458 e. The highest BCUT2D eigenvalue weighted by Crippen LogP contribution is 2.11. The van der Waals surface area contributed by atoms with Gasteiger partial charge in [-0.15, -0.1) is 0 Å². The van der Waals surface area contributed by atoms with Crippen LogP contribution in [0.4, 0.5) is 0 Å². The summed E-state index contributed by atoms with van der Waals surface area (Å²) in [6.45, 7) is 6.91. The summed E-state index contributed by atoms with van der Waals surface area (Å²) in [5.74, 6) is -0.837. The molecule has 0 saturated heterocycles. The van der Waals surface area contributed by atoms with Gasteiger partial charge in [-0.25, -0.2) is 4.79 Å². The van der Waals surface area contributed by atoms with E-state index < -0.39 is 17.6 Å². The number of nitrogens with one attached hydrogen (secondary N) is 1. The second kappa shape index (κ2) is 6.14. The average molecular weight is 329 g/mol. The van der Waals surface area contributed by atoms with Crippen molar-refractivity contribution in [2.24, 2.45) is 0 Å². The van der Waals surface area contributed by atoms with Gasteiger partial charge in [0.2, 0.25) is 0 Å². The Morgan fingerprint density at radius 2 is 2.00 bits per heavy atom. The van der Waals surface area contributed by atoms with Gasteiger partial charge in [0.1, 0.15) is 11.6 Å². The highest BCUT2D eigenvalue weighted by Gasteiger charge is 2.23. The van der Waals surface area contributed by atoms with Crippen LogP contribution >= 0.6 is 15.9 Å².